The van der Waals surface area contributed by atoms with Gasteiger partial charge >= 0.3 is 0 Å². The average Bonchev–Trinajstić information content (AvgIpc) is 2.51. The van der Waals surface area contributed by atoms with Crippen LogP contribution >= 0.6 is 23.2 Å². The summed E-state index contributed by atoms with van der Waals surface area (Å²) in [7, 11) is 0. The van der Waals surface area contributed by atoms with Gasteiger partial charge in [0, 0.05) is 6.20 Å². The fraction of sp³-hybridized carbons (Fsp3) is 0.111. The van der Waals surface area contributed by atoms with E-state index in [0.29, 0.717) is 16.5 Å². The quantitative estimate of drug-likeness (QED) is 0.555. The predicted octanol–water partition coefficient (Wildman–Crippen LogP) is 3.35. The number of halogens is 2. The maximum atomic E-state index is 5.88. The molecule has 0 aliphatic rings. The summed E-state index contributed by atoms with van der Waals surface area (Å²) < 4.78 is 5.38. The van der Waals surface area contributed by atoms with E-state index in [1.165, 1.54) is 6.20 Å². The normalized spacial score (nSPS) is 10.5. The molecule has 0 aromatic carbocycles. The lowest BCUT2D eigenvalue weighted by molar-refractivity contribution is 0.548. The molecule has 0 saturated carbocycles. The van der Waals surface area contributed by atoms with E-state index >= 15 is 0 Å². The van der Waals surface area contributed by atoms with Crippen molar-refractivity contribution in [1.29, 1.82) is 0 Å². The lowest BCUT2D eigenvalue weighted by Crippen LogP contribution is -1.85. The molecule has 0 radical (unpaired) electrons. The molecule has 0 bridgehead atoms. The SMILES string of the molecule is Cc1ccc(-c2cnc(Cl)nc2Cl)o1. The van der Waals surface area contributed by atoms with Crippen molar-refractivity contribution in [3.8, 4) is 11.3 Å². The number of furan rings is 1. The standard InChI is InChI=1S/C9H6Cl2N2O/c1-5-2-3-7(14-5)6-4-12-9(11)13-8(6)10/h2-4H,1H3. The van der Waals surface area contributed by atoms with Crippen molar-refractivity contribution >= 4 is 23.2 Å². The molecule has 14 heavy (non-hydrogen) atoms. The van der Waals surface area contributed by atoms with E-state index < -0.39 is 0 Å². The summed E-state index contributed by atoms with van der Waals surface area (Å²) in [5.41, 5.74) is 0.643. The second kappa shape index (κ2) is 3.59. The molecule has 0 fully saturated rings. The Balaban J connectivity index is 2.52. The molecule has 5 heteroatoms. The highest BCUT2D eigenvalue weighted by atomic mass is 35.5. The van der Waals surface area contributed by atoms with Crippen molar-refractivity contribution in [2.45, 2.75) is 6.92 Å². The fourth-order valence-electron chi connectivity index (χ4n) is 1.09. The topological polar surface area (TPSA) is 38.9 Å². The molecule has 0 atom stereocenters. The maximum absolute atomic E-state index is 5.88. The number of hydrogen-bond donors (Lipinski definition) is 0. The summed E-state index contributed by atoms with van der Waals surface area (Å²) in [6.45, 7) is 1.86. The molecule has 0 unspecified atom stereocenters. The van der Waals surface area contributed by atoms with Gasteiger partial charge in [0.2, 0.25) is 5.28 Å². The Labute approximate surface area is 90.7 Å². The van der Waals surface area contributed by atoms with Crippen LogP contribution in [0.15, 0.2) is 22.7 Å². The van der Waals surface area contributed by atoms with Crippen molar-refractivity contribution in [2.24, 2.45) is 0 Å². The molecule has 0 N–H and O–H groups in total. The zero-order valence-electron chi connectivity index (χ0n) is 7.29. The van der Waals surface area contributed by atoms with Crippen molar-refractivity contribution in [3.63, 3.8) is 0 Å². The van der Waals surface area contributed by atoms with Crippen LogP contribution in [0.5, 0.6) is 0 Å². The first kappa shape index (κ1) is 9.49. The highest BCUT2D eigenvalue weighted by molar-refractivity contribution is 6.33. The molecule has 2 rings (SSSR count). The number of aryl methyl sites for hydroxylation is 1. The molecular formula is C9H6Cl2N2O. The van der Waals surface area contributed by atoms with E-state index in [-0.39, 0.29) is 5.28 Å². The first-order valence-corrected chi connectivity index (χ1v) is 4.67. The van der Waals surface area contributed by atoms with Crippen LogP contribution in [0.1, 0.15) is 5.76 Å². The Hall–Kier alpha value is -1.06. The molecule has 3 nitrogen and oxygen atoms in total. The van der Waals surface area contributed by atoms with Crippen molar-refractivity contribution < 1.29 is 4.42 Å². The average molecular weight is 229 g/mol. The van der Waals surface area contributed by atoms with Gasteiger partial charge in [-0.15, -0.1) is 0 Å². The monoisotopic (exact) mass is 228 g/mol. The molecule has 72 valence electrons. The molecule has 2 aromatic rings. The molecule has 0 saturated heterocycles. The van der Waals surface area contributed by atoms with Gasteiger partial charge in [-0.05, 0) is 30.7 Å². The van der Waals surface area contributed by atoms with Gasteiger partial charge in [-0.25, -0.2) is 9.97 Å². The zero-order chi connectivity index (χ0) is 10.1. The maximum Gasteiger partial charge on any atom is 0.223 e. The Morgan fingerprint density at radius 2 is 2.07 bits per heavy atom. The van der Waals surface area contributed by atoms with Gasteiger partial charge in [0.1, 0.15) is 16.7 Å². The largest absolute Gasteiger partial charge is 0.461 e. The third-order valence-corrected chi connectivity index (χ3v) is 2.19. The molecule has 2 heterocycles. The molecular weight excluding hydrogens is 223 g/mol. The van der Waals surface area contributed by atoms with Crippen LogP contribution in [-0.2, 0) is 0 Å². The summed E-state index contributed by atoms with van der Waals surface area (Å²) in [4.78, 5) is 7.65. The summed E-state index contributed by atoms with van der Waals surface area (Å²) >= 11 is 11.5. The van der Waals surface area contributed by atoms with Crippen LogP contribution < -0.4 is 0 Å². The van der Waals surface area contributed by atoms with Gasteiger partial charge in [0.15, 0.2) is 0 Å². The summed E-state index contributed by atoms with van der Waals surface area (Å²) in [6, 6.07) is 3.66. The minimum absolute atomic E-state index is 0.127. The van der Waals surface area contributed by atoms with Crippen molar-refractivity contribution in [1.82, 2.24) is 9.97 Å². The number of hydrogen-bond acceptors (Lipinski definition) is 3. The van der Waals surface area contributed by atoms with Crippen molar-refractivity contribution in [2.75, 3.05) is 0 Å². The van der Waals surface area contributed by atoms with Crippen molar-refractivity contribution in [3.05, 3.63) is 34.5 Å². The Kier molecular flexibility index (Phi) is 2.44. The summed E-state index contributed by atoms with van der Waals surface area (Å²) in [5.74, 6) is 1.45. The van der Waals surface area contributed by atoms with Crippen LogP contribution in [0.3, 0.4) is 0 Å². The number of nitrogens with zero attached hydrogens (tertiary/aromatic N) is 2. The minimum atomic E-state index is 0.127. The van der Waals surface area contributed by atoms with Gasteiger partial charge in [-0.3, -0.25) is 0 Å². The molecule has 0 spiro atoms. The van der Waals surface area contributed by atoms with E-state index in [0.717, 1.165) is 5.76 Å². The summed E-state index contributed by atoms with van der Waals surface area (Å²) in [5, 5.41) is 0.418. The van der Waals surface area contributed by atoms with Crippen LogP contribution in [0.2, 0.25) is 10.4 Å². The third kappa shape index (κ3) is 1.74. The van der Waals surface area contributed by atoms with E-state index in [1.807, 2.05) is 19.1 Å². The highest BCUT2D eigenvalue weighted by Gasteiger charge is 2.09. The van der Waals surface area contributed by atoms with Crippen LogP contribution in [-0.4, -0.2) is 9.97 Å². The first-order chi connectivity index (χ1) is 6.66. The molecule has 0 aliphatic carbocycles. The van der Waals surface area contributed by atoms with E-state index in [2.05, 4.69) is 9.97 Å². The smallest absolute Gasteiger partial charge is 0.223 e. The van der Waals surface area contributed by atoms with E-state index in [9.17, 15) is 0 Å². The predicted molar refractivity (Wildman–Crippen MR) is 54.5 cm³/mol. The second-order valence-electron chi connectivity index (χ2n) is 2.75. The lowest BCUT2D eigenvalue weighted by Gasteiger charge is -1.98. The van der Waals surface area contributed by atoms with E-state index in [1.54, 1.807) is 0 Å². The fourth-order valence-corrected chi connectivity index (χ4v) is 1.48. The van der Waals surface area contributed by atoms with Crippen LogP contribution in [0.25, 0.3) is 11.3 Å². The van der Waals surface area contributed by atoms with Crippen LogP contribution in [0, 0.1) is 6.92 Å². The summed E-state index contributed by atoms with van der Waals surface area (Å²) in [6.07, 6.45) is 1.54. The van der Waals surface area contributed by atoms with Gasteiger partial charge in [-0.2, -0.15) is 0 Å². The Bertz CT molecular complexity index is 468. The Morgan fingerprint density at radius 1 is 1.29 bits per heavy atom. The van der Waals surface area contributed by atoms with Gasteiger partial charge in [0.05, 0.1) is 5.56 Å². The van der Waals surface area contributed by atoms with E-state index in [4.69, 9.17) is 27.6 Å². The number of rotatable bonds is 1. The van der Waals surface area contributed by atoms with Crippen LogP contribution in [0.4, 0.5) is 0 Å². The highest BCUT2D eigenvalue weighted by Crippen LogP contribution is 2.27. The number of aromatic nitrogens is 2. The van der Waals surface area contributed by atoms with Gasteiger partial charge < -0.3 is 4.42 Å². The third-order valence-electron chi connectivity index (χ3n) is 1.72. The zero-order valence-corrected chi connectivity index (χ0v) is 8.80. The first-order valence-electron chi connectivity index (χ1n) is 3.91. The lowest BCUT2D eigenvalue weighted by atomic mass is 10.3. The Morgan fingerprint density at radius 3 is 2.64 bits per heavy atom. The molecule has 0 amide bonds. The second-order valence-corrected chi connectivity index (χ2v) is 3.45. The molecule has 2 aromatic heterocycles. The van der Waals surface area contributed by atoms with Gasteiger partial charge in [0.25, 0.3) is 0 Å². The minimum Gasteiger partial charge on any atom is -0.461 e. The van der Waals surface area contributed by atoms with Gasteiger partial charge in [-0.1, -0.05) is 11.6 Å². The molecule has 0 aliphatic heterocycles.